The fourth-order valence-corrected chi connectivity index (χ4v) is 2.28. The van der Waals surface area contributed by atoms with Gasteiger partial charge in [-0.05, 0) is 24.6 Å². The van der Waals surface area contributed by atoms with Crippen LogP contribution in [0.1, 0.15) is 6.42 Å². The Morgan fingerprint density at radius 3 is 3.00 bits per heavy atom. The molecule has 1 aromatic rings. The highest BCUT2D eigenvalue weighted by Crippen LogP contribution is 2.28. The van der Waals surface area contributed by atoms with E-state index in [4.69, 9.17) is 5.11 Å². The van der Waals surface area contributed by atoms with E-state index in [0.717, 1.165) is 24.0 Å². The molecule has 1 heterocycles. The zero-order valence-corrected chi connectivity index (χ0v) is 9.87. The lowest BCUT2D eigenvalue weighted by Crippen LogP contribution is -2.21. The molecular weight excluding hydrogens is 261 g/mol. The Balaban J connectivity index is 2.19. The first-order valence-electron chi connectivity index (χ1n) is 5.01. The molecule has 1 fully saturated rings. The molecule has 2 rings (SSSR count). The molecule has 4 heteroatoms. The number of rotatable bonds is 2. The molecule has 1 aliphatic heterocycles. The summed E-state index contributed by atoms with van der Waals surface area (Å²) >= 11 is 3.33. The predicted molar refractivity (Wildman–Crippen MR) is 61.5 cm³/mol. The number of anilines is 1. The quantitative estimate of drug-likeness (QED) is 0.895. The third kappa shape index (κ3) is 2.32. The first kappa shape index (κ1) is 10.9. The maximum absolute atomic E-state index is 13.5. The van der Waals surface area contributed by atoms with Crippen LogP contribution in [0.2, 0.25) is 0 Å². The lowest BCUT2D eigenvalue weighted by atomic mass is 10.1. The Hall–Kier alpha value is -0.610. The molecule has 0 spiro atoms. The maximum atomic E-state index is 13.5. The van der Waals surface area contributed by atoms with E-state index < -0.39 is 0 Å². The predicted octanol–water partition coefficient (Wildman–Crippen LogP) is 2.41. The minimum absolute atomic E-state index is 0.187. The first-order valence-corrected chi connectivity index (χ1v) is 5.81. The third-order valence-electron chi connectivity index (χ3n) is 2.79. The fourth-order valence-electron chi connectivity index (χ4n) is 1.93. The minimum Gasteiger partial charge on any atom is -0.396 e. The number of hydrogen-bond donors (Lipinski definition) is 1. The van der Waals surface area contributed by atoms with Crippen molar-refractivity contribution in [2.24, 2.45) is 5.92 Å². The van der Waals surface area contributed by atoms with Gasteiger partial charge in [-0.25, -0.2) is 4.39 Å². The summed E-state index contributed by atoms with van der Waals surface area (Å²) in [6.45, 7) is 1.74. The van der Waals surface area contributed by atoms with Crippen molar-refractivity contribution in [2.45, 2.75) is 6.42 Å². The molecule has 1 N–H and O–H groups in total. The van der Waals surface area contributed by atoms with E-state index in [1.165, 1.54) is 6.07 Å². The van der Waals surface area contributed by atoms with E-state index in [9.17, 15) is 4.39 Å². The monoisotopic (exact) mass is 273 g/mol. The number of aliphatic hydroxyl groups excluding tert-OH is 1. The Morgan fingerprint density at radius 2 is 2.33 bits per heavy atom. The molecule has 1 aromatic carbocycles. The summed E-state index contributed by atoms with van der Waals surface area (Å²) in [5, 5.41) is 9.02. The van der Waals surface area contributed by atoms with E-state index in [1.807, 2.05) is 4.90 Å². The van der Waals surface area contributed by atoms with Crippen LogP contribution in [-0.4, -0.2) is 24.8 Å². The molecule has 1 atom stereocenters. The van der Waals surface area contributed by atoms with Crippen molar-refractivity contribution in [1.29, 1.82) is 0 Å². The molecule has 0 aliphatic carbocycles. The Kier molecular flexibility index (Phi) is 3.26. The van der Waals surface area contributed by atoms with Crippen LogP contribution in [0.4, 0.5) is 10.1 Å². The summed E-state index contributed by atoms with van der Waals surface area (Å²) in [6, 6.07) is 4.94. The van der Waals surface area contributed by atoms with Crippen molar-refractivity contribution in [3.8, 4) is 0 Å². The SMILES string of the molecule is OCC1CCN(c2cc(Br)ccc2F)C1. The smallest absolute Gasteiger partial charge is 0.146 e. The van der Waals surface area contributed by atoms with Crippen molar-refractivity contribution >= 4 is 21.6 Å². The summed E-state index contributed by atoms with van der Waals surface area (Å²) in [4.78, 5) is 1.99. The van der Waals surface area contributed by atoms with Crippen LogP contribution < -0.4 is 4.90 Å². The zero-order valence-electron chi connectivity index (χ0n) is 8.29. The molecule has 82 valence electrons. The third-order valence-corrected chi connectivity index (χ3v) is 3.29. The van der Waals surface area contributed by atoms with Crippen molar-refractivity contribution in [1.82, 2.24) is 0 Å². The van der Waals surface area contributed by atoms with Crippen molar-refractivity contribution in [2.75, 3.05) is 24.6 Å². The average molecular weight is 274 g/mol. The maximum Gasteiger partial charge on any atom is 0.146 e. The average Bonchev–Trinajstić information content (AvgIpc) is 2.70. The lowest BCUT2D eigenvalue weighted by Gasteiger charge is -2.19. The second-order valence-electron chi connectivity index (χ2n) is 3.88. The highest BCUT2D eigenvalue weighted by atomic mass is 79.9. The highest BCUT2D eigenvalue weighted by Gasteiger charge is 2.23. The second-order valence-corrected chi connectivity index (χ2v) is 4.79. The van der Waals surface area contributed by atoms with Gasteiger partial charge < -0.3 is 10.0 Å². The van der Waals surface area contributed by atoms with Gasteiger partial charge in [0.2, 0.25) is 0 Å². The van der Waals surface area contributed by atoms with Gasteiger partial charge in [-0.3, -0.25) is 0 Å². The van der Waals surface area contributed by atoms with Gasteiger partial charge in [0, 0.05) is 30.1 Å². The van der Waals surface area contributed by atoms with Crippen LogP contribution in [0.15, 0.2) is 22.7 Å². The van der Waals surface area contributed by atoms with E-state index >= 15 is 0 Å². The van der Waals surface area contributed by atoms with Gasteiger partial charge in [0.05, 0.1) is 5.69 Å². The van der Waals surface area contributed by atoms with Crippen molar-refractivity contribution < 1.29 is 9.50 Å². The Morgan fingerprint density at radius 1 is 1.53 bits per heavy atom. The first-order chi connectivity index (χ1) is 7.20. The summed E-state index contributed by atoms with van der Waals surface area (Å²) in [6.07, 6.45) is 0.933. The molecule has 1 aliphatic rings. The number of benzene rings is 1. The van der Waals surface area contributed by atoms with E-state index in [0.29, 0.717) is 5.69 Å². The summed E-state index contributed by atoms with van der Waals surface area (Å²) < 4.78 is 14.4. The van der Waals surface area contributed by atoms with Gasteiger partial charge in [-0.15, -0.1) is 0 Å². The zero-order chi connectivity index (χ0) is 10.8. The Labute approximate surface area is 96.8 Å². The van der Waals surface area contributed by atoms with Gasteiger partial charge in [0.25, 0.3) is 0 Å². The normalized spacial score (nSPS) is 21.0. The molecule has 15 heavy (non-hydrogen) atoms. The minimum atomic E-state index is -0.197. The van der Waals surface area contributed by atoms with E-state index in [2.05, 4.69) is 15.9 Å². The van der Waals surface area contributed by atoms with Gasteiger partial charge in [0.1, 0.15) is 5.82 Å². The number of halogens is 2. The van der Waals surface area contributed by atoms with Crippen LogP contribution in [0.25, 0.3) is 0 Å². The van der Waals surface area contributed by atoms with Gasteiger partial charge >= 0.3 is 0 Å². The Bertz CT molecular complexity index is 358. The fraction of sp³-hybridized carbons (Fsp3) is 0.455. The van der Waals surface area contributed by atoms with Crippen LogP contribution in [0.3, 0.4) is 0 Å². The van der Waals surface area contributed by atoms with Crippen LogP contribution in [-0.2, 0) is 0 Å². The van der Waals surface area contributed by atoms with Crippen molar-refractivity contribution in [3.05, 3.63) is 28.5 Å². The summed E-state index contributed by atoms with van der Waals surface area (Å²) in [5.74, 6) is 0.0835. The van der Waals surface area contributed by atoms with E-state index in [-0.39, 0.29) is 18.3 Å². The van der Waals surface area contributed by atoms with Gasteiger partial charge in [-0.2, -0.15) is 0 Å². The molecule has 0 radical (unpaired) electrons. The number of nitrogens with zero attached hydrogens (tertiary/aromatic N) is 1. The molecule has 0 saturated carbocycles. The summed E-state index contributed by atoms with van der Waals surface area (Å²) in [7, 11) is 0. The molecule has 0 bridgehead atoms. The van der Waals surface area contributed by atoms with Gasteiger partial charge in [0.15, 0.2) is 0 Å². The molecular formula is C11H13BrFNO. The molecule has 1 unspecified atom stereocenters. The highest BCUT2D eigenvalue weighted by molar-refractivity contribution is 9.10. The van der Waals surface area contributed by atoms with Gasteiger partial charge in [-0.1, -0.05) is 15.9 Å². The van der Waals surface area contributed by atoms with Crippen molar-refractivity contribution in [3.63, 3.8) is 0 Å². The summed E-state index contributed by atoms with van der Waals surface area (Å²) in [5.41, 5.74) is 0.625. The van der Waals surface area contributed by atoms with Crippen LogP contribution >= 0.6 is 15.9 Å². The van der Waals surface area contributed by atoms with Crippen LogP contribution in [0.5, 0.6) is 0 Å². The molecule has 2 nitrogen and oxygen atoms in total. The second kappa shape index (κ2) is 4.49. The number of hydrogen-bond acceptors (Lipinski definition) is 2. The van der Waals surface area contributed by atoms with Crippen LogP contribution in [0, 0.1) is 11.7 Å². The molecule has 1 saturated heterocycles. The standard InChI is InChI=1S/C11H13BrFNO/c12-9-1-2-10(13)11(5-9)14-4-3-8(6-14)7-15/h1-2,5,8,15H,3-4,6-7H2. The topological polar surface area (TPSA) is 23.5 Å². The number of aliphatic hydroxyl groups is 1. The molecule has 0 aromatic heterocycles. The lowest BCUT2D eigenvalue weighted by molar-refractivity contribution is 0.238. The molecule has 0 amide bonds. The largest absolute Gasteiger partial charge is 0.396 e. The van der Waals surface area contributed by atoms with E-state index in [1.54, 1.807) is 12.1 Å².